The Labute approximate surface area is 173 Å². The average molecular weight is 402 g/mol. The number of rotatable bonds is 8. The van der Waals surface area contributed by atoms with Crippen LogP contribution in [0.4, 0.5) is 17.3 Å². The fraction of sp³-hybridized carbons (Fsp3) is 0.381. The Morgan fingerprint density at radius 2 is 1.90 bits per heavy atom. The van der Waals surface area contributed by atoms with Gasteiger partial charge in [0, 0.05) is 25.4 Å². The molecule has 2 saturated carbocycles. The lowest BCUT2D eigenvalue weighted by Crippen LogP contribution is -2.25. The largest absolute Gasteiger partial charge is 0.368 e. The van der Waals surface area contributed by atoms with Crippen molar-refractivity contribution in [1.82, 2.24) is 24.9 Å². The molecular weight excluding hydrogens is 380 g/mol. The van der Waals surface area contributed by atoms with Crippen molar-refractivity contribution in [3.63, 3.8) is 0 Å². The van der Waals surface area contributed by atoms with E-state index in [-0.39, 0.29) is 5.91 Å². The molecule has 0 unspecified atom stereocenters. The van der Waals surface area contributed by atoms with Gasteiger partial charge in [0.05, 0.1) is 17.4 Å². The molecule has 3 N–H and O–H groups in total. The van der Waals surface area contributed by atoms with Crippen LogP contribution in [0.5, 0.6) is 0 Å². The van der Waals surface area contributed by atoms with E-state index in [0.29, 0.717) is 46.1 Å². The van der Waals surface area contributed by atoms with E-state index in [2.05, 4.69) is 37.1 Å². The van der Waals surface area contributed by atoms with Gasteiger partial charge in [-0.2, -0.15) is 9.78 Å². The first-order chi connectivity index (χ1) is 14.7. The van der Waals surface area contributed by atoms with E-state index >= 15 is 0 Å². The van der Waals surface area contributed by atoms with E-state index in [1.807, 2.05) is 6.07 Å². The van der Waals surface area contributed by atoms with Gasteiger partial charge in [-0.25, -0.2) is 9.97 Å². The SMILES string of the molecule is N#Cc1cnc2c(Nc3ccc(C(=O)NCC4CC4)cn3)cc(NCC3CC3)nn12. The van der Waals surface area contributed by atoms with Crippen molar-refractivity contribution in [2.75, 3.05) is 23.7 Å². The Morgan fingerprint density at radius 1 is 1.10 bits per heavy atom. The minimum Gasteiger partial charge on any atom is -0.368 e. The second kappa shape index (κ2) is 7.63. The van der Waals surface area contributed by atoms with E-state index < -0.39 is 0 Å². The van der Waals surface area contributed by atoms with Gasteiger partial charge in [0.1, 0.15) is 17.7 Å². The maximum atomic E-state index is 12.2. The van der Waals surface area contributed by atoms with Crippen molar-refractivity contribution in [1.29, 1.82) is 5.26 Å². The number of nitriles is 1. The number of carbonyl (C=O) groups is 1. The summed E-state index contributed by atoms with van der Waals surface area (Å²) in [5.41, 5.74) is 2.11. The monoisotopic (exact) mass is 402 g/mol. The molecule has 0 atom stereocenters. The Bertz CT molecular complexity index is 1120. The highest BCUT2D eigenvalue weighted by molar-refractivity contribution is 5.94. The van der Waals surface area contributed by atoms with Gasteiger partial charge in [0.15, 0.2) is 11.3 Å². The molecule has 0 aromatic carbocycles. The molecule has 2 aliphatic carbocycles. The quantitative estimate of drug-likeness (QED) is 0.530. The number of aromatic nitrogens is 4. The number of hydrogen-bond donors (Lipinski definition) is 3. The predicted octanol–water partition coefficient (Wildman–Crippen LogP) is 2.70. The van der Waals surface area contributed by atoms with Crippen LogP contribution in [0.3, 0.4) is 0 Å². The van der Waals surface area contributed by atoms with Gasteiger partial charge in [-0.1, -0.05) is 0 Å². The lowest BCUT2D eigenvalue weighted by Gasteiger charge is -2.11. The summed E-state index contributed by atoms with van der Waals surface area (Å²) >= 11 is 0. The molecule has 2 aliphatic rings. The van der Waals surface area contributed by atoms with Gasteiger partial charge >= 0.3 is 0 Å². The number of amides is 1. The molecule has 1 amide bonds. The fourth-order valence-electron chi connectivity index (χ4n) is 3.20. The fourth-order valence-corrected chi connectivity index (χ4v) is 3.20. The van der Waals surface area contributed by atoms with Crippen molar-refractivity contribution in [2.45, 2.75) is 25.7 Å². The maximum absolute atomic E-state index is 12.2. The zero-order valence-corrected chi connectivity index (χ0v) is 16.4. The van der Waals surface area contributed by atoms with Crippen molar-refractivity contribution in [3.8, 4) is 6.07 Å². The Balaban J connectivity index is 1.36. The van der Waals surface area contributed by atoms with Crippen molar-refractivity contribution in [3.05, 3.63) is 41.9 Å². The van der Waals surface area contributed by atoms with Crippen LogP contribution in [-0.4, -0.2) is 38.6 Å². The van der Waals surface area contributed by atoms with Gasteiger partial charge < -0.3 is 16.0 Å². The molecule has 0 spiro atoms. The van der Waals surface area contributed by atoms with Crippen molar-refractivity contribution in [2.24, 2.45) is 11.8 Å². The third-order valence-corrected chi connectivity index (χ3v) is 5.39. The molecule has 9 heteroatoms. The Kier molecular flexibility index (Phi) is 4.67. The summed E-state index contributed by atoms with van der Waals surface area (Å²) in [6.07, 6.45) is 7.92. The molecule has 30 heavy (non-hydrogen) atoms. The summed E-state index contributed by atoms with van der Waals surface area (Å²) in [7, 11) is 0. The maximum Gasteiger partial charge on any atom is 0.252 e. The summed E-state index contributed by atoms with van der Waals surface area (Å²) in [6, 6.07) is 7.48. The van der Waals surface area contributed by atoms with E-state index in [0.717, 1.165) is 13.1 Å². The summed E-state index contributed by atoms with van der Waals surface area (Å²) in [4.78, 5) is 20.9. The van der Waals surface area contributed by atoms with Crippen LogP contribution in [0, 0.1) is 23.2 Å². The van der Waals surface area contributed by atoms with Crippen LogP contribution in [0.25, 0.3) is 5.65 Å². The molecule has 0 radical (unpaired) electrons. The zero-order chi connectivity index (χ0) is 20.5. The molecule has 0 aliphatic heterocycles. The van der Waals surface area contributed by atoms with Crippen LogP contribution < -0.4 is 16.0 Å². The van der Waals surface area contributed by atoms with Gasteiger partial charge in [-0.05, 0) is 49.7 Å². The smallest absolute Gasteiger partial charge is 0.252 e. The molecule has 152 valence electrons. The first-order valence-electron chi connectivity index (χ1n) is 10.2. The number of nitrogens with zero attached hydrogens (tertiary/aromatic N) is 5. The molecule has 0 bridgehead atoms. The Morgan fingerprint density at radius 3 is 2.60 bits per heavy atom. The molecule has 3 aromatic heterocycles. The Hall–Kier alpha value is -3.67. The number of nitrogens with one attached hydrogen (secondary N) is 3. The topological polar surface area (TPSA) is 120 Å². The lowest BCUT2D eigenvalue weighted by atomic mass is 10.2. The number of carbonyl (C=O) groups excluding carboxylic acids is 1. The first kappa shape index (κ1) is 18.4. The lowest BCUT2D eigenvalue weighted by molar-refractivity contribution is 0.0951. The highest BCUT2D eigenvalue weighted by atomic mass is 16.1. The molecule has 9 nitrogen and oxygen atoms in total. The third kappa shape index (κ3) is 4.03. The van der Waals surface area contributed by atoms with E-state index in [1.165, 1.54) is 36.4 Å². The van der Waals surface area contributed by atoms with E-state index in [1.54, 1.807) is 18.3 Å². The number of pyridine rings is 1. The molecule has 3 heterocycles. The second-order valence-corrected chi connectivity index (χ2v) is 7.97. The van der Waals surface area contributed by atoms with Gasteiger partial charge in [-0.15, -0.1) is 5.10 Å². The number of fused-ring (bicyclic) bond motifs is 1. The van der Waals surface area contributed by atoms with Gasteiger partial charge in [0.2, 0.25) is 0 Å². The minimum absolute atomic E-state index is 0.106. The standard InChI is InChI=1S/C21H22N8O/c22-8-16-12-25-20-17(7-19(28-29(16)20)23-9-13-1-2-13)27-18-6-5-15(11-24-18)21(30)26-10-14-3-4-14/h5-7,11-14H,1-4,9-10H2,(H,23,28)(H,24,27)(H,26,30). The summed E-state index contributed by atoms with van der Waals surface area (Å²) in [5, 5.41) is 23.4. The molecule has 3 aromatic rings. The highest BCUT2D eigenvalue weighted by Gasteiger charge is 2.22. The van der Waals surface area contributed by atoms with Crippen molar-refractivity contribution < 1.29 is 4.79 Å². The van der Waals surface area contributed by atoms with Crippen LogP contribution in [-0.2, 0) is 0 Å². The first-order valence-corrected chi connectivity index (χ1v) is 10.2. The normalized spacial score (nSPS) is 15.6. The predicted molar refractivity (Wildman–Crippen MR) is 111 cm³/mol. The zero-order valence-electron chi connectivity index (χ0n) is 16.4. The number of anilines is 3. The molecule has 2 fully saturated rings. The minimum atomic E-state index is -0.106. The van der Waals surface area contributed by atoms with Crippen LogP contribution >= 0.6 is 0 Å². The summed E-state index contributed by atoms with van der Waals surface area (Å²) in [5.74, 6) is 2.47. The van der Waals surface area contributed by atoms with E-state index in [4.69, 9.17) is 0 Å². The number of imidazole rings is 1. The van der Waals surface area contributed by atoms with Crippen LogP contribution in [0.1, 0.15) is 41.7 Å². The molecule has 0 saturated heterocycles. The van der Waals surface area contributed by atoms with Crippen LogP contribution in [0.15, 0.2) is 30.6 Å². The van der Waals surface area contributed by atoms with E-state index in [9.17, 15) is 10.1 Å². The average Bonchev–Trinajstić information content (AvgIpc) is 3.69. The summed E-state index contributed by atoms with van der Waals surface area (Å²) in [6.45, 7) is 1.59. The van der Waals surface area contributed by atoms with Crippen molar-refractivity contribution >= 4 is 28.9 Å². The highest BCUT2D eigenvalue weighted by Crippen LogP contribution is 2.30. The molecular formula is C21H22N8O. The van der Waals surface area contributed by atoms with Gasteiger partial charge in [0.25, 0.3) is 5.91 Å². The summed E-state index contributed by atoms with van der Waals surface area (Å²) < 4.78 is 1.53. The van der Waals surface area contributed by atoms with Crippen LogP contribution in [0.2, 0.25) is 0 Å². The van der Waals surface area contributed by atoms with Gasteiger partial charge in [-0.3, -0.25) is 4.79 Å². The molecule has 5 rings (SSSR count). The number of hydrogen-bond acceptors (Lipinski definition) is 7. The second-order valence-electron chi connectivity index (χ2n) is 7.97. The third-order valence-electron chi connectivity index (χ3n) is 5.39.